The highest BCUT2D eigenvalue weighted by Gasteiger charge is 2.16. The van der Waals surface area contributed by atoms with Gasteiger partial charge in [-0.1, -0.05) is 11.2 Å². The lowest BCUT2D eigenvalue weighted by molar-refractivity contribution is -0.122. The maximum atomic E-state index is 11.8. The number of rotatable bonds is 4. The van der Waals surface area contributed by atoms with Gasteiger partial charge in [0.2, 0.25) is 0 Å². The Balaban J connectivity index is 1.98. The van der Waals surface area contributed by atoms with Gasteiger partial charge < -0.3 is 14.6 Å². The minimum atomic E-state index is -0.612. The highest BCUT2D eigenvalue weighted by atomic mass is 16.5. The van der Waals surface area contributed by atoms with Crippen LogP contribution in [0.5, 0.6) is 5.75 Å². The molecule has 0 radical (unpaired) electrons. The van der Waals surface area contributed by atoms with Crippen LogP contribution in [0.4, 0.5) is 5.82 Å². The number of carbonyl (C=O) groups excluding carboxylic acids is 1. The molecule has 2 rings (SSSR count). The van der Waals surface area contributed by atoms with Crippen LogP contribution in [0.1, 0.15) is 18.1 Å². The zero-order valence-corrected chi connectivity index (χ0v) is 11.1. The molecule has 100 valence electrons. The number of hydrogen-bond donors (Lipinski definition) is 1. The van der Waals surface area contributed by atoms with Crippen molar-refractivity contribution in [3.8, 4) is 5.75 Å². The average Bonchev–Trinajstić information content (AvgIpc) is 2.86. The zero-order valence-electron chi connectivity index (χ0n) is 11.1. The van der Waals surface area contributed by atoms with E-state index in [2.05, 4.69) is 15.0 Å². The van der Waals surface area contributed by atoms with Crippen LogP contribution in [0, 0.1) is 13.8 Å². The van der Waals surface area contributed by atoms with E-state index < -0.39 is 6.10 Å². The van der Waals surface area contributed by atoms with Gasteiger partial charge in [-0.3, -0.25) is 4.79 Å². The quantitative estimate of drug-likeness (QED) is 0.918. The third-order valence-electron chi connectivity index (χ3n) is 2.85. The summed E-state index contributed by atoms with van der Waals surface area (Å²) in [6.07, 6.45) is 0.781. The molecule has 0 aliphatic heterocycles. The Morgan fingerprint density at radius 2 is 2.11 bits per heavy atom. The number of anilines is 1. The molecule has 1 unspecified atom stereocenters. The molecule has 1 aromatic heterocycles. The largest absolute Gasteiger partial charge is 0.481 e. The first-order valence-corrected chi connectivity index (χ1v) is 6.01. The summed E-state index contributed by atoms with van der Waals surface area (Å²) in [6, 6.07) is 7.30. The van der Waals surface area contributed by atoms with Crippen molar-refractivity contribution in [1.82, 2.24) is 5.16 Å². The fourth-order valence-electron chi connectivity index (χ4n) is 1.55. The van der Waals surface area contributed by atoms with Crippen LogP contribution < -0.4 is 10.1 Å². The second-order valence-electron chi connectivity index (χ2n) is 4.38. The van der Waals surface area contributed by atoms with Crippen LogP contribution in [0.25, 0.3) is 0 Å². The number of nitrogens with one attached hydrogen (secondary N) is 1. The summed E-state index contributed by atoms with van der Waals surface area (Å²) >= 11 is 0. The van der Waals surface area contributed by atoms with Crippen molar-refractivity contribution in [2.45, 2.75) is 26.9 Å². The van der Waals surface area contributed by atoms with E-state index >= 15 is 0 Å². The number of carbonyl (C=O) groups is 1. The number of nitrogens with zero attached hydrogens (tertiary/aromatic N) is 1. The summed E-state index contributed by atoms with van der Waals surface area (Å²) < 4.78 is 10.2. The molecule has 1 N–H and O–H groups in total. The fraction of sp³-hybridized carbons (Fsp3) is 0.286. The van der Waals surface area contributed by atoms with E-state index in [0.29, 0.717) is 11.6 Å². The Labute approximate surface area is 111 Å². The van der Waals surface area contributed by atoms with Gasteiger partial charge in [0.1, 0.15) is 12.0 Å². The normalized spacial score (nSPS) is 11.9. The number of ether oxygens (including phenoxy) is 1. The molecule has 1 atom stereocenters. The van der Waals surface area contributed by atoms with Gasteiger partial charge in [0.05, 0.1) is 0 Å². The van der Waals surface area contributed by atoms with Crippen molar-refractivity contribution in [2.24, 2.45) is 0 Å². The first-order valence-electron chi connectivity index (χ1n) is 6.01. The van der Waals surface area contributed by atoms with Crippen molar-refractivity contribution in [3.63, 3.8) is 0 Å². The molecule has 0 saturated carbocycles. The minimum absolute atomic E-state index is 0.271. The number of aryl methyl sites for hydroxylation is 2. The lowest BCUT2D eigenvalue weighted by atomic mass is 10.1. The SMILES string of the molecule is Cc1ccc(OC(C)C(=O)Nc2ccon2)cc1C. The highest BCUT2D eigenvalue weighted by Crippen LogP contribution is 2.18. The monoisotopic (exact) mass is 260 g/mol. The molecule has 1 heterocycles. The minimum Gasteiger partial charge on any atom is -0.481 e. The summed E-state index contributed by atoms with van der Waals surface area (Å²) in [7, 11) is 0. The second kappa shape index (κ2) is 5.56. The molecule has 0 spiro atoms. The molecular formula is C14H16N2O3. The molecular weight excluding hydrogens is 244 g/mol. The summed E-state index contributed by atoms with van der Waals surface area (Å²) in [5.41, 5.74) is 2.31. The van der Waals surface area contributed by atoms with Crippen LogP contribution in [0.2, 0.25) is 0 Å². The van der Waals surface area contributed by atoms with Gasteiger partial charge >= 0.3 is 0 Å². The van der Waals surface area contributed by atoms with Gasteiger partial charge in [0.15, 0.2) is 11.9 Å². The number of hydrogen-bond acceptors (Lipinski definition) is 4. The molecule has 0 bridgehead atoms. The van der Waals surface area contributed by atoms with E-state index in [9.17, 15) is 4.79 Å². The molecule has 5 nitrogen and oxygen atoms in total. The Bertz CT molecular complexity index is 564. The van der Waals surface area contributed by atoms with E-state index in [-0.39, 0.29) is 5.91 Å². The van der Waals surface area contributed by atoms with Crippen molar-refractivity contribution in [3.05, 3.63) is 41.7 Å². The Morgan fingerprint density at radius 3 is 2.74 bits per heavy atom. The molecule has 0 aliphatic carbocycles. The standard InChI is InChI=1S/C14H16N2O3/c1-9-4-5-12(8-10(9)2)19-11(3)14(17)15-13-6-7-18-16-13/h4-8,11H,1-3H3,(H,15,16,17). The first kappa shape index (κ1) is 13.1. The molecule has 5 heteroatoms. The van der Waals surface area contributed by atoms with Crippen LogP contribution >= 0.6 is 0 Å². The number of aromatic nitrogens is 1. The fourth-order valence-corrected chi connectivity index (χ4v) is 1.55. The Hall–Kier alpha value is -2.30. The van der Waals surface area contributed by atoms with Gasteiger partial charge in [-0.15, -0.1) is 0 Å². The number of amides is 1. The topological polar surface area (TPSA) is 64.4 Å². The first-order chi connectivity index (χ1) is 9.06. The van der Waals surface area contributed by atoms with Gasteiger partial charge in [-0.05, 0) is 44.0 Å². The predicted molar refractivity (Wildman–Crippen MR) is 71.1 cm³/mol. The maximum Gasteiger partial charge on any atom is 0.266 e. The predicted octanol–water partition coefficient (Wildman–Crippen LogP) is 2.70. The van der Waals surface area contributed by atoms with Crippen molar-refractivity contribution < 1.29 is 14.1 Å². The maximum absolute atomic E-state index is 11.8. The van der Waals surface area contributed by atoms with Gasteiger partial charge in [-0.25, -0.2) is 0 Å². The molecule has 0 saturated heterocycles. The van der Waals surface area contributed by atoms with E-state index in [1.165, 1.54) is 11.8 Å². The van der Waals surface area contributed by atoms with E-state index in [0.717, 1.165) is 5.56 Å². The van der Waals surface area contributed by atoms with Gasteiger partial charge in [0.25, 0.3) is 5.91 Å². The van der Waals surface area contributed by atoms with E-state index in [1.54, 1.807) is 13.0 Å². The molecule has 0 fully saturated rings. The second-order valence-corrected chi connectivity index (χ2v) is 4.38. The summed E-state index contributed by atoms with van der Waals surface area (Å²) in [6.45, 7) is 5.72. The third-order valence-corrected chi connectivity index (χ3v) is 2.85. The van der Waals surface area contributed by atoms with Crippen LogP contribution in [-0.2, 0) is 4.79 Å². The lowest BCUT2D eigenvalue weighted by Gasteiger charge is -2.14. The van der Waals surface area contributed by atoms with Crippen LogP contribution in [0.15, 0.2) is 35.1 Å². The Kier molecular flexibility index (Phi) is 3.85. The van der Waals surface area contributed by atoms with E-state index in [1.807, 2.05) is 32.0 Å². The van der Waals surface area contributed by atoms with Gasteiger partial charge in [-0.2, -0.15) is 0 Å². The van der Waals surface area contributed by atoms with Gasteiger partial charge in [0, 0.05) is 6.07 Å². The highest BCUT2D eigenvalue weighted by molar-refractivity contribution is 5.93. The van der Waals surface area contributed by atoms with Crippen molar-refractivity contribution >= 4 is 11.7 Å². The lowest BCUT2D eigenvalue weighted by Crippen LogP contribution is -2.30. The Morgan fingerprint density at radius 1 is 1.32 bits per heavy atom. The summed E-state index contributed by atoms with van der Waals surface area (Å²) in [4.78, 5) is 11.8. The molecule has 19 heavy (non-hydrogen) atoms. The molecule has 2 aromatic rings. The number of benzene rings is 1. The summed E-state index contributed by atoms with van der Waals surface area (Å²) in [5.74, 6) is 0.776. The van der Waals surface area contributed by atoms with Crippen molar-refractivity contribution in [1.29, 1.82) is 0 Å². The molecule has 1 amide bonds. The van der Waals surface area contributed by atoms with Crippen molar-refractivity contribution in [2.75, 3.05) is 5.32 Å². The van der Waals surface area contributed by atoms with Crippen LogP contribution in [-0.4, -0.2) is 17.2 Å². The molecule has 1 aromatic carbocycles. The summed E-state index contributed by atoms with van der Waals surface area (Å²) in [5, 5.41) is 6.21. The molecule has 0 aliphatic rings. The zero-order chi connectivity index (χ0) is 13.8. The van der Waals surface area contributed by atoms with Crippen LogP contribution in [0.3, 0.4) is 0 Å². The van der Waals surface area contributed by atoms with E-state index in [4.69, 9.17) is 4.74 Å². The smallest absolute Gasteiger partial charge is 0.266 e. The average molecular weight is 260 g/mol. The third kappa shape index (κ3) is 3.34.